The van der Waals surface area contributed by atoms with Gasteiger partial charge in [-0.3, -0.25) is 14.3 Å². The predicted molar refractivity (Wildman–Crippen MR) is 96.4 cm³/mol. The molecule has 128 valence electrons. The van der Waals surface area contributed by atoms with Crippen LogP contribution in [0.4, 0.5) is 0 Å². The molecule has 3 rings (SSSR count). The maximum Gasteiger partial charge on any atom is 0.261 e. The normalized spacial score (nSPS) is 11.9. The summed E-state index contributed by atoms with van der Waals surface area (Å²) in [7, 11) is 0. The van der Waals surface area contributed by atoms with Crippen LogP contribution in [0.15, 0.2) is 59.7 Å². The van der Waals surface area contributed by atoms with Crippen molar-refractivity contribution in [1.82, 2.24) is 20.1 Å². The van der Waals surface area contributed by atoms with Gasteiger partial charge in [0.05, 0.1) is 6.54 Å². The quantitative estimate of drug-likeness (QED) is 0.751. The summed E-state index contributed by atoms with van der Waals surface area (Å²) < 4.78 is 1.73. The summed E-state index contributed by atoms with van der Waals surface area (Å²) >= 11 is 0. The van der Waals surface area contributed by atoms with Crippen molar-refractivity contribution in [2.75, 3.05) is 0 Å². The van der Waals surface area contributed by atoms with E-state index in [0.29, 0.717) is 12.2 Å². The van der Waals surface area contributed by atoms with Gasteiger partial charge in [-0.05, 0) is 43.7 Å². The molecule has 0 radical (unpaired) electrons. The molecule has 2 heterocycles. The molecule has 0 fully saturated rings. The largest absolute Gasteiger partial charge is 0.348 e. The van der Waals surface area contributed by atoms with Crippen LogP contribution in [0.25, 0.3) is 11.3 Å². The van der Waals surface area contributed by atoms with Crippen molar-refractivity contribution in [1.29, 1.82) is 0 Å². The van der Waals surface area contributed by atoms with Gasteiger partial charge in [0.15, 0.2) is 0 Å². The minimum absolute atomic E-state index is 0.101. The minimum Gasteiger partial charge on any atom is -0.348 e. The van der Waals surface area contributed by atoms with Crippen molar-refractivity contribution in [3.05, 3.63) is 76.3 Å². The fraction of sp³-hybridized carbons (Fsp3) is 0.211. The molecule has 6 heteroatoms. The molecular formula is C19H20N4O2. The molecule has 25 heavy (non-hydrogen) atoms. The van der Waals surface area contributed by atoms with E-state index >= 15 is 0 Å². The van der Waals surface area contributed by atoms with Crippen LogP contribution in [0.1, 0.15) is 22.8 Å². The van der Waals surface area contributed by atoms with Gasteiger partial charge in [-0.15, -0.1) is 0 Å². The summed E-state index contributed by atoms with van der Waals surface area (Å²) in [5, 5.41) is 6.93. The lowest BCUT2D eigenvalue weighted by Crippen LogP contribution is -2.38. The van der Waals surface area contributed by atoms with Crippen LogP contribution < -0.4 is 10.9 Å². The molecule has 1 amide bonds. The predicted octanol–water partition coefficient (Wildman–Crippen LogP) is 2.37. The molecule has 2 N–H and O–H groups in total. The summed E-state index contributed by atoms with van der Waals surface area (Å²) in [5.74, 6) is -0.392. The van der Waals surface area contributed by atoms with E-state index in [0.717, 1.165) is 11.1 Å². The molecule has 1 aromatic carbocycles. The molecule has 0 bridgehead atoms. The molecule has 0 aliphatic heterocycles. The number of rotatable bonds is 5. The average molecular weight is 336 g/mol. The van der Waals surface area contributed by atoms with Crippen LogP contribution in [-0.4, -0.2) is 26.7 Å². The zero-order valence-corrected chi connectivity index (χ0v) is 14.2. The van der Waals surface area contributed by atoms with E-state index in [4.69, 9.17) is 0 Å². The third kappa shape index (κ3) is 4.03. The number of nitrogens with one attached hydrogen (secondary N) is 2. The molecular weight excluding hydrogens is 316 g/mol. The van der Waals surface area contributed by atoms with Crippen molar-refractivity contribution in [3.63, 3.8) is 0 Å². The molecule has 0 unspecified atom stereocenters. The topological polar surface area (TPSA) is 79.8 Å². The number of hydrogen-bond donors (Lipinski definition) is 2. The van der Waals surface area contributed by atoms with Crippen LogP contribution >= 0.6 is 0 Å². The van der Waals surface area contributed by atoms with Crippen molar-refractivity contribution in [2.24, 2.45) is 0 Å². The summed E-state index contributed by atoms with van der Waals surface area (Å²) in [6, 6.07) is 12.8. The van der Waals surface area contributed by atoms with E-state index < -0.39 is 11.5 Å². The van der Waals surface area contributed by atoms with Crippen LogP contribution in [0.5, 0.6) is 0 Å². The van der Waals surface area contributed by atoms with Crippen LogP contribution in [-0.2, 0) is 6.54 Å². The second-order valence-electron chi connectivity index (χ2n) is 6.09. The first-order chi connectivity index (χ1) is 12.0. The number of amides is 1. The Kier molecular flexibility index (Phi) is 4.79. The van der Waals surface area contributed by atoms with Gasteiger partial charge >= 0.3 is 0 Å². The third-order valence-electron chi connectivity index (χ3n) is 3.88. The second-order valence-corrected chi connectivity index (χ2v) is 6.09. The number of aromatic amines is 1. The van der Waals surface area contributed by atoms with E-state index in [1.807, 2.05) is 50.4 Å². The molecule has 2 aromatic heterocycles. The Bertz CT molecular complexity index is 929. The van der Waals surface area contributed by atoms with Gasteiger partial charge in [0, 0.05) is 24.1 Å². The summed E-state index contributed by atoms with van der Waals surface area (Å²) in [4.78, 5) is 27.4. The van der Waals surface area contributed by atoms with Crippen molar-refractivity contribution < 1.29 is 4.79 Å². The van der Waals surface area contributed by atoms with E-state index in [2.05, 4.69) is 15.4 Å². The lowest BCUT2D eigenvalue weighted by molar-refractivity contribution is 0.0934. The monoisotopic (exact) mass is 336 g/mol. The first-order valence-corrected chi connectivity index (χ1v) is 8.11. The number of hydrogen-bond acceptors (Lipinski definition) is 3. The number of carbonyl (C=O) groups excluding carboxylic acids is 1. The van der Waals surface area contributed by atoms with E-state index in [1.165, 1.54) is 0 Å². The maximum atomic E-state index is 12.3. The van der Waals surface area contributed by atoms with Crippen LogP contribution in [0.3, 0.4) is 0 Å². The molecule has 0 saturated carbocycles. The zero-order chi connectivity index (χ0) is 17.8. The smallest absolute Gasteiger partial charge is 0.261 e. The van der Waals surface area contributed by atoms with Gasteiger partial charge in [-0.1, -0.05) is 23.8 Å². The Morgan fingerprint density at radius 3 is 2.80 bits per heavy atom. The first-order valence-electron chi connectivity index (χ1n) is 8.11. The van der Waals surface area contributed by atoms with Crippen molar-refractivity contribution in [2.45, 2.75) is 26.4 Å². The summed E-state index contributed by atoms with van der Waals surface area (Å²) in [5.41, 5.74) is 2.41. The van der Waals surface area contributed by atoms with Gasteiger partial charge in [0.1, 0.15) is 5.56 Å². The van der Waals surface area contributed by atoms with Gasteiger partial charge < -0.3 is 10.3 Å². The van der Waals surface area contributed by atoms with Gasteiger partial charge in [-0.2, -0.15) is 5.10 Å². The number of H-pyrrole nitrogens is 1. The lowest BCUT2D eigenvalue weighted by atomic mass is 10.1. The minimum atomic E-state index is -0.400. The van der Waals surface area contributed by atoms with Crippen LogP contribution in [0.2, 0.25) is 0 Å². The summed E-state index contributed by atoms with van der Waals surface area (Å²) in [6.07, 6.45) is 3.51. The lowest BCUT2D eigenvalue weighted by Gasteiger charge is -2.14. The standard InChI is InChI=1S/C19H20N4O2/c1-13-5-3-6-15(11-13)17-8-7-16(19(25)22-17)18(24)21-14(2)12-23-10-4-9-20-23/h3-11,14H,12H2,1-2H3,(H,21,24)(H,22,25)/t14-/m0/s1. The maximum absolute atomic E-state index is 12.3. The Labute approximate surface area is 145 Å². The SMILES string of the molecule is Cc1cccc(-c2ccc(C(=O)N[C@@H](C)Cn3cccn3)c(=O)[nH]2)c1. The molecule has 0 aliphatic rings. The molecule has 0 saturated heterocycles. The Morgan fingerprint density at radius 2 is 2.12 bits per heavy atom. The first kappa shape index (κ1) is 16.7. The highest BCUT2D eigenvalue weighted by atomic mass is 16.2. The second kappa shape index (κ2) is 7.17. The Hall–Kier alpha value is -3.15. The number of aryl methyl sites for hydroxylation is 1. The number of benzene rings is 1. The van der Waals surface area contributed by atoms with Crippen molar-refractivity contribution in [3.8, 4) is 11.3 Å². The van der Waals surface area contributed by atoms with E-state index in [1.54, 1.807) is 23.0 Å². The zero-order valence-electron chi connectivity index (χ0n) is 14.2. The molecule has 0 spiro atoms. The average Bonchev–Trinajstić information content (AvgIpc) is 3.07. The summed E-state index contributed by atoms with van der Waals surface area (Å²) in [6.45, 7) is 4.40. The van der Waals surface area contributed by atoms with Gasteiger partial charge in [0.2, 0.25) is 0 Å². The van der Waals surface area contributed by atoms with Gasteiger partial charge in [-0.25, -0.2) is 0 Å². The number of nitrogens with zero attached hydrogens (tertiary/aromatic N) is 2. The highest BCUT2D eigenvalue weighted by molar-refractivity contribution is 5.94. The molecule has 6 nitrogen and oxygen atoms in total. The third-order valence-corrected chi connectivity index (χ3v) is 3.88. The fourth-order valence-corrected chi connectivity index (χ4v) is 2.67. The fourth-order valence-electron chi connectivity index (χ4n) is 2.67. The van der Waals surface area contributed by atoms with Gasteiger partial charge in [0.25, 0.3) is 11.5 Å². The number of aromatic nitrogens is 3. The van der Waals surface area contributed by atoms with Crippen molar-refractivity contribution >= 4 is 5.91 Å². The highest BCUT2D eigenvalue weighted by Crippen LogP contribution is 2.16. The number of carbonyl (C=O) groups is 1. The molecule has 3 aromatic rings. The Morgan fingerprint density at radius 1 is 1.28 bits per heavy atom. The van der Waals surface area contributed by atoms with E-state index in [-0.39, 0.29) is 11.6 Å². The highest BCUT2D eigenvalue weighted by Gasteiger charge is 2.14. The molecule has 1 atom stereocenters. The molecule has 0 aliphatic carbocycles. The Balaban J connectivity index is 1.74. The van der Waals surface area contributed by atoms with E-state index in [9.17, 15) is 9.59 Å². The van der Waals surface area contributed by atoms with Crippen LogP contribution in [0, 0.1) is 6.92 Å². The number of pyridine rings is 1.